The Hall–Kier alpha value is -3.32. The highest BCUT2D eigenvalue weighted by atomic mass is 16.5. The van der Waals surface area contributed by atoms with Crippen molar-refractivity contribution in [3.8, 4) is 11.5 Å². The predicted molar refractivity (Wildman–Crippen MR) is 139 cm³/mol. The van der Waals surface area contributed by atoms with Gasteiger partial charge in [-0.15, -0.1) is 0 Å². The van der Waals surface area contributed by atoms with Crippen molar-refractivity contribution in [1.82, 2.24) is 4.90 Å². The number of nitrogens with zero attached hydrogens (tertiary/aromatic N) is 1. The van der Waals surface area contributed by atoms with Crippen LogP contribution in [0.2, 0.25) is 0 Å². The van der Waals surface area contributed by atoms with E-state index < -0.39 is 17.7 Å². The molecule has 1 aliphatic rings. The third-order valence-electron chi connectivity index (χ3n) is 6.22. The molecule has 1 N–H and O–H groups in total. The van der Waals surface area contributed by atoms with E-state index in [1.165, 1.54) is 4.90 Å². The molecular weight excluding hydrogens is 458 g/mol. The maximum atomic E-state index is 13.3. The molecule has 0 spiro atoms. The molecule has 2 aromatic rings. The summed E-state index contributed by atoms with van der Waals surface area (Å²) >= 11 is 0. The summed E-state index contributed by atoms with van der Waals surface area (Å²) < 4.78 is 16.5. The number of ether oxygens (including phenoxy) is 3. The molecule has 1 saturated heterocycles. The van der Waals surface area contributed by atoms with Crippen molar-refractivity contribution in [2.24, 2.45) is 0 Å². The van der Waals surface area contributed by atoms with Crippen molar-refractivity contribution in [3.05, 3.63) is 64.7 Å². The molecule has 3 rings (SSSR count). The van der Waals surface area contributed by atoms with Gasteiger partial charge in [0, 0.05) is 24.3 Å². The molecule has 1 fully saturated rings. The molecule has 2 aromatic carbocycles. The molecule has 36 heavy (non-hydrogen) atoms. The number of benzene rings is 2. The van der Waals surface area contributed by atoms with Gasteiger partial charge in [0.25, 0.3) is 11.7 Å². The maximum absolute atomic E-state index is 13.3. The molecule has 0 bridgehead atoms. The van der Waals surface area contributed by atoms with Gasteiger partial charge >= 0.3 is 0 Å². The summed E-state index contributed by atoms with van der Waals surface area (Å²) in [5.74, 6) is -0.276. The molecule has 1 unspecified atom stereocenters. The van der Waals surface area contributed by atoms with Crippen LogP contribution in [-0.2, 0) is 19.7 Å². The van der Waals surface area contributed by atoms with Gasteiger partial charge in [0.2, 0.25) is 0 Å². The van der Waals surface area contributed by atoms with Gasteiger partial charge < -0.3 is 24.2 Å². The van der Waals surface area contributed by atoms with E-state index in [4.69, 9.17) is 14.2 Å². The van der Waals surface area contributed by atoms with E-state index in [1.807, 2.05) is 46.8 Å². The normalized spacial score (nSPS) is 17.7. The number of amides is 1. The van der Waals surface area contributed by atoms with E-state index in [9.17, 15) is 14.7 Å². The Morgan fingerprint density at radius 1 is 1.06 bits per heavy atom. The van der Waals surface area contributed by atoms with E-state index in [0.29, 0.717) is 42.2 Å². The molecule has 7 heteroatoms. The highest BCUT2D eigenvalue weighted by molar-refractivity contribution is 6.46. The largest absolute Gasteiger partial charge is 0.507 e. The minimum Gasteiger partial charge on any atom is -0.507 e. The maximum Gasteiger partial charge on any atom is 0.295 e. The Labute approximate surface area is 213 Å². The van der Waals surface area contributed by atoms with Gasteiger partial charge in [-0.3, -0.25) is 9.59 Å². The fraction of sp³-hybridized carbons (Fsp3) is 0.448. The van der Waals surface area contributed by atoms with Crippen molar-refractivity contribution in [2.75, 3.05) is 27.4 Å². The molecule has 1 aliphatic heterocycles. The van der Waals surface area contributed by atoms with Gasteiger partial charge in [-0.25, -0.2) is 0 Å². The van der Waals surface area contributed by atoms with Gasteiger partial charge in [-0.2, -0.15) is 0 Å². The first-order valence-corrected chi connectivity index (χ1v) is 12.2. The topological polar surface area (TPSA) is 85.3 Å². The highest BCUT2D eigenvalue weighted by Gasteiger charge is 2.46. The smallest absolute Gasteiger partial charge is 0.295 e. The fourth-order valence-electron chi connectivity index (χ4n) is 4.42. The van der Waals surface area contributed by atoms with Crippen LogP contribution in [-0.4, -0.2) is 55.2 Å². The summed E-state index contributed by atoms with van der Waals surface area (Å²) in [5, 5.41) is 11.5. The van der Waals surface area contributed by atoms with E-state index in [0.717, 1.165) is 5.56 Å². The zero-order valence-electron chi connectivity index (χ0n) is 22.3. The number of Topliss-reactive ketones (excluding diaryl/α,β-unsaturated/α-hetero) is 1. The SMILES string of the molecule is COc1cccc(C2/C(=C(/O)c3ccc(OC)c(C(C)(C)C)c3)C(=O)C(=O)N2CCCOC(C)C)c1. The zero-order valence-corrected chi connectivity index (χ0v) is 22.3. The Kier molecular flexibility index (Phi) is 8.46. The van der Waals surface area contributed by atoms with Gasteiger partial charge in [-0.05, 0) is 61.6 Å². The molecule has 0 aromatic heterocycles. The van der Waals surface area contributed by atoms with E-state index in [2.05, 4.69) is 0 Å². The van der Waals surface area contributed by atoms with Crippen molar-refractivity contribution >= 4 is 17.4 Å². The van der Waals surface area contributed by atoms with Crippen molar-refractivity contribution < 1.29 is 28.9 Å². The van der Waals surface area contributed by atoms with Gasteiger partial charge in [0.05, 0.1) is 31.9 Å². The van der Waals surface area contributed by atoms with Gasteiger partial charge in [0.15, 0.2) is 0 Å². The summed E-state index contributed by atoms with van der Waals surface area (Å²) in [6, 6.07) is 11.8. The number of hydrogen-bond donors (Lipinski definition) is 1. The molecule has 0 saturated carbocycles. The number of carbonyl (C=O) groups excluding carboxylic acids is 2. The van der Waals surface area contributed by atoms with Crippen molar-refractivity contribution in [3.63, 3.8) is 0 Å². The van der Waals surface area contributed by atoms with Crippen molar-refractivity contribution in [2.45, 2.75) is 58.6 Å². The van der Waals surface area contributed by atoms with Crippen LogP contribution in [0.5, 0.6) is 11.5 Å². The number of likely N-dealkylation sites (tertiary alicyclic amines) is 1. The standard InChI is InChI=1S/C29H37NO6/c1-18(2)36-15-9-14-30-25(19-10-8-11-21(16-19)34-6)24(27(32)28(30)33)26(31)20-12-13-23(35-7)22(17-20)29(3,4)5/h8,10-13,16-18,25,31H,9,14-15H2,1-7H3/b26-24-. The van der Waals surface area contributed by atoms with Crippen LogP contribution in [0.15, 0.2) is 48.0 Å². The van der Waals surface area contributed by atoms with Crippen LogP contribution in [0, 0.1) is 0 Å². The van der Waals surface area contributed by atoms with Crippen LogP contribution < -0.4 is 9.47 Å². The molecule has 194 valence electrons. The second-order valence-corrected chi connectivity index (χ2v) is 10.2. The summed E-state index contributed by atoms with van der Waals surface area (Å²) in [6.07, 6.45) is 0.629. The van der Waals surface area contributed by atoms with E-state index in [-0.39, 0.29) is 22.9 Å². The molecule has 1 heterocycles. The summed E-state index contributed by atoms with van der Waals surface area (Å²) in [5.41, 5.74) is 1.81. The Balaban J connectivity index is 2.13. The Morgan fingerprint density at radius 3 is 2.39 bits per heavy atom. The lowest BCUT2D eigenvalue weighted by atomic mass is 9.84. The average molecular weight is 496 g/mol. The lowest BCUT2D eigenvalue weighted by Gasteiger charge is -2.26. The predicted octanol–water partition coefficient (Wildman–Crippen LogP) is 5.24. The summed E-state index contributed by atoms with van der Waals surface area (Å²) in [4.78, 5) is 28.0. The lowest BCUT2D eigenvalue weighted by Crippen LogP contribution is -2.31. The first-order chi connectivity index (χ1) is 17.0. The van der Waals surface area contributed by atoms with Crippen LogP contribution in [0.3, 0.4) is 0 Å². The first-order valence-electron chi connectivity index (χ1n) is 12.2. The van der Waals surface area contributed by atoms with Crippen molar-refractivity contribution in [1.29, 1.82) is 0 Å². The zero-order chi connectivity index (χ0) is 26.6. The van der Waals surface area contributed by atoms with E-state index >= 15 is 0 Å². The first kappa shape index (κ1) is 27.3. The minimum absolute atomic E-state index is 0.0584. The second kappa shape index (κ2) is 11.2. The fourth-order valence-corrected chi connectivity index (χ4v) is 4.42. The molecule has 1 atom stereocenters. The number of carbonyl (C=O) groups is 2. The second-order valence-electron chi connectivity index (χ2n) is 10.2. The molecule has 0 aliphatic carbocycles. The van der Waals surface area contributed by atoms with Crippen LogP contribution in [0.1, 0.15) is 63.8 Å². The average Bonchev–Trinajstić information content (AvgIpc) is 3.10. The van der Waals surface area contributed by atoms with Gasteiger partial charge in [-0.1, -0.05) is 32.9 Å². The third-order valence-corrected chi connectivity index (χ3v) is 6.22. The quantitative estimate of drug-likeness (QED) is 0.222. The molecule has 7 nitrogen and oxygen atoms in total. The summed E-state index contributed by atoms with van der Waals surface area (Å²) in [7, 11) is 3.16. The minimum atomic E-state index is -0.751. The van der Waals surface area contributed by atoms with Crippen LogP contribution in [0.25, 0.3) is 5.76 Å². The molecule has 1 amide bonds. The van der Waals surface area contributed by atoms with Gasteiger partial charge in [0.1, 0.15) is 17.3 Å². The number of ketones is 1. The third kappa shape index (κ3) is 5.73. The Morgan fingerprint density at radius 2 is 1.78 bits per heavy atom. The number of aliphatic hydroxyl groups is 1. The highest BCUT2D eigenvalue weighted by Crippen LogP contribution is 2.41. The van der Waals surface area contributed by atoms with Crippen LogP contribution in [0.4, 0.5) is 0 Å². The number of rotatable bonds is 9. The van der Waals surface area contributed by atoms with Crippen LogP contribution >= 0.6 is 0 Å². The monoisotopic (exact) mass is 495 g/mol. The van der Waals surface area contributed by atoms with E-state index in [1.54, 1.807) is 44.6 Å². The molecule has 0 radical (unpaired) electrons. The summed E-state index contributed by atoms with van der Waals surface area (Å²) in [6.45, 7) is 10.8. The number of methoxy groups -OCH3 is 2. The molecular formula is C29H37NO6. The number of hydrogen-bond acceptors (Lipinski definition) is 6. The number of aliphatic hydroxyl groups excluding tert-OH is 1. The lowest BCUT2D eigenvalue weighted by molar-refractivity contribution is -0.140. The Bertz CT molecular complexity index is 1140.